The van der Waals surface area contributed by atoms with Crippen LogP contribution in [0.4, 0.5) is 0 Å². The van der Waals surface area contributed by atoms with Crippen LogP contribution >= 0.6 is 23.4 Å². The van der Waals surface area contributed by atoms with Crippen molar-refractivity contribution in [2.75, 3.05) is 5.43 Å². The van der Waals surface area contributed by atoms with E-state index in [9.17, 15) is 0 Å². The van der Waals surface area contributed by atoms with Gasteiger partial charge in [-0.25, -0.2) is 4.68 Å². The number of nitrogens with zero attached hydrogens (tertiary/aromatic N) is 3. The van der Waals surface area contributed by atoms with Crippen LogP contribution in [0.3, 0.4) is 0 Å². The number of thioether (sulfide) groups is 1. The third kappa shape index (κ3) is 3.81. The molecule has 0 saturated carbocycles. The zero-order chi connectivity index (χ0) is 19.6. The van der Waals surface area contributed by atoms with Crippen molar-refractivity contribution in [3.63, 3.8) is 0 Å². The second-order valence-electron chi connectivity index (χ2n) is 6.62. The predicted octanol–water partition coefficient (Wildman–Crippen LogP) is 5.53. The Bertz CT molecular complexity index is 1110. The van der Waals surface area contributed by atoms with Crippen LogP contribution in [0, 0.1) is 0 Å². The van der Waals surface area contributed by atoms with Gasteiger partial charge in [0, 0.05) is 10.6 Å². The summed E-state index contributed by atoms with van der Waals surface area (Å²) in [5.41, 5.74) is 6.73. The Morgan fingerprint density at radius 1 is 0.931 bits per heavy atom. The Kier molecular flexibility index (Phi) is 4.87. The minimum atomic E-state index is 0.127. The Balaban J connectivity index is 1.29. The molecule has 1 atom stereocenters. The van der Waals surface area contributed by atoms with Gasteiger partial charge in [0.25, 0.3) is 0 Å². The zero-order valence-corrected chi connectivity index (χ0v) is 16.9. The van der Waals surface area contributed by atoms with E-state index in [-0.39, 0.29) is 5.37 Å². The van der Waals surface area contributed by atoms with Gasteiger partial charge >= 0.3 is 0 Å². The Morgan fingerprint density at radius 3 is 2.45 bits per heavy atom. The highest BCUT2D eigenvalue weighted by molar-refractivity contribution is 7.99. The van der Waals surface area contributed by atoms with Gasteiger partial charge in [0.1, 0.15) is 17.7 Å². The van der Waals surface area contributed by atoms with Crippen LogP contribution in [0.1, 0.15) is 16.5 Å². The van der Waals surface area contributed by atoms with Gasteiger partial charge in [-0.15, -0.1) is 10.2 Å². The standard InChI is InChI=1S/C22H17ClN4OS/c23-18-10-6-15(7-11-18)14-28-19-12-8-16(9-13-19)20-24-25-22-27(20)26-21(29-22)17-4-2-1-3-5-17/h1-13,21,26H,14H2. The quantitative estimate of drug-likeness (QED) is 0.460. The van der Waals surface area contributed by atoms with Gasteiger partial charge in [-0.2, -0.15) is 0 Å². The van der Waals surface area contributed by atoms with Crippen LogP contribution in [0.15, 0.2) is 84.0 Å². The van der Waals surface area contributed by atoms with Crippen LogP contribution in [0.2, 0.25) is 5.02 Å². The first-order valence-electron chi connectivity index (χ1n) is 9.17. The smallest absolute Gasteiger partial charge is 0.212 e. The topological polar surface area (TPSA) is 52.0 Å². The summed E-state index contributed by atoms with van der Waals surface area (Å²) in [5, 5.41) is 10.4. The molecule has 0 radical (unpaired) electrons. The number of hydrogen-bond donors (Lipinski definition) is 1. The molecule has 0 amide bonds. The number of benzene rings is 3. The van der Waals surface area contributed by atoms with Crippen LogP contribution < -0.4 is 10.2 Å². The normalized spacial score (nSPS) is 15.0. The number of hydrogen-bond acceptors (Lipinski definition) is 5. The van der Waals surface area contributed by atoms with Gasteiger partial charge in [0.15, 0.2) is 5.82 Å². The van der Waals surface area contributed by atoms with Crippen molar-refractivity contribution in [3.8, 4) is 17.1 Å². The Hall–Kier alpha value is -2.96. The summed E-state index contributed by atoms with van der Waals surface area (Å²) < 4.78 is 7.82. The lowest BCUT2D eigenvalue weighted by atomic mass is 10.2. The maximum atomic E-state index is 5.92. The van der Waals surface area contributed by atoms with Crippen LogP contribution in [-0.2, 0) is 6.61 Å². The number of halogens is 1. The van der Waals surface area contributed by atoms with Gasteiger partial charge < -0.3 is 10.2 Å². The lowest BCUT2D eigenvalue weighted by molar-refractivity contribution is 0.306. The fourth-order valence-electron chi connectivity index (χ4n) is 3.12. The van der Waals surface area contributed by atoms with E-state index in [1.54, 1.807) is 11.8 Å². The Morgan fingerprint density at radius 2 is 1.69 bits per heavy atom. The van der Waals surface area contributed by atoms with E-state index < -0.39 is 0 Å². The molecule has 5 rings (SSSR count). The maximum absolute atomic E-state index is 5.92. The van der Waals surface area contributed by atoms with Crippen LogP contribution in [-0.4, -0.2) is 14.9 Å². The van der Waals surface area contributed by atoms with Crippen LogP contribution in [0.25, 0.3) is 11.4 Å². The third-order valence-corrected chi connectivity index (χ3v) is 5.98. The zero-order valence-electron chi connectivity index (χ0n) is 15.3. The lowest BCUT2D eigenvalue weighted by Gasteiger charge is -2.12. The highest BCUT2D eigenvalue weighted by Crippen LogP contribution is 2.40. The highest BCUT2D eigenvalue weighted by atomic mass is 35.5. The number of rotatable bonds is 5. The summed E-state index contributed by atoms with van der Waals surface area (Å²) >= 11 is 7.58. The van der Waals surface area contributed by atoms with E-state index in [0.29, 0.717) is 6.61 Å². The molecule has 7 heteroatoms. The molecule has 144 valence electrons. The summed E-state index contributed by atoms with van der Waals surface area (Å²) in [4.78, 5) is 0. The van der Waals surface area contributed by atoms with Crippen LogP contribution in [0.5, 0.6) is 5.75 Å². The molecule has 1 N–H and O–H groups in total. The molecule has 1 unspecified atom stereocenters. The molecule has 0 spiro atoms. The molecule has 1 aliphatic heterocycles. The minimum absolute atomic E-state index is 0.127. The summed E-state index contributed by atoms with van der Waals surface area (Å²) in [6.07, 6.45) is 0. The highest BCUT2D eigenvalue weighted by Gasteiger charge is 2.27. The first-order valence-corrected chi connectivity index (χ1v) is 10.4. The van der Waals surface area contributed by atoms with Crippen molar-refractivity contribution in [3.05, 3.63) is 95.0 Å². The fourth-order valence-corrected chi connectivity index (χ4v) is 4.24. The van der Waals surface area contributed by atoms with E-state index in [2.05, 4.69) is 27.8 Å². The average Bonchev–Trinajstić information content (AvgIpc) is 3.36. The molecule has 3 aromatic carbocycles. The molecular weight excluding hydrogens is 404 g/mol. The van der Waals surface area contributed by atoms with Crippen molar-refractivity contribution in [1.82, 2.24) is 14.9 Å². The van der Waals surface area contributed by atoms with Gasteiger partial charge in [-0.05, 0) is 47.5 Å². The second kappa shape index (κ2) is 7.81. The molecule has 0 saturated heterocycles. The maximum Gasteiger partial charge on any atom is 0.212 e. The molecule has 1 aromatic heterocycles. The van der Waals surface area contributed by atoms with Crippen molar-refractivity contribution in [1.29, 1.82) is 0 Å². The first-order chi connectivity index (χ1) is 14.3. The van der Waals surface area contributed by atoms with Crippen molar-refractivity contribution < 1.29 is 4.74 Å². The predicted molar refractivity (Wildman–Crippen MR) is 116 cm³/mol. The van der Waals surface area contributed by atoms with Crippen molar-refractivity contribution in [2.24, 2.45) is 0 Å². The number of aromatic nitrogens is 3. The van der Waals surface area contributed by atoms with E-state index >= 15 is 0 Å². The molecule has 1 aliphatic rings. The number of nitrogens with one attached hydrogen (secondary N) is 1. The monoisotopic (exact) mass is 420 g/mol. The molecule has 0 bridgehead atoms. The summed E-state index contributed by atoms with van der Waals surface area (Å²) in [5.74, 6) is 1.59. The van der Waals surface area contributed by atoms with Crippen molar-refractivity contribution in [2.45, 2.75) is 17.1 Å². The Labute approximate surface area is 177 Å². The molecule has 0 aliphatic carbocycles. The largest absolute Gasteiger partial charge is 0.489 e. The number of ether oxygens (including phenoxy) is 1. The van der Waals surface area contributed by atoms with Gasteiger partial charge in [-0.3, -0.25) is 0 Å². The molecule has 5 nitrogen and oxygen atoms in total. The SMILES string of the molecule is Clc1ccc(COc2ccc(-c3nnc4n3NC(c3ccccc3)S4)cc2)cc1. The molecule has 29 heavy (non-hydrogen) atoms. The lowest BCUT2D eigenvalue weighted by Crippen LogP contribution is -2.13. The van der Waals surface area contributed by atoms with E-state index in [0.717, 1.165) is 32.9 Å². The number of fused-ring (bicyclic) bond motifs is 1. The summed E-state index contributed by atoms with van der Waals surface area (Å²) in [6.45, 7) is 0.494. The molecule has 4 aromatic rings. The molecular formula is C22H17ClN4OS. The first kappa shape index (κ1) is 18.1. The summed E-state index contributed by atoms with van der Waals surface area (Å²) in [6, 6.07) is 25.9. The van der Waals surface area contributed by atoms with E-state index in [1.807, 2.05) is 71.4 Å². The van der Waals surface area contributed by atoms with Gasteiger partial charge in [0.05, 0.1) is 0 Å². The van der Waals surface area contributed by atoms with E-state index in [1.165, 1.54) is 5.56 Å². The van der Waals surface area contributed by atoms with Crippen molar-refractivity contribution >= 4 is 23.4 Å². The molecule has 0 fully saturated rings. The molecule has 2 heterocycles. The second-order valence-corrected chi connectivity index (χ2v) is 8.13. The van der Waals surface area contributed by atoms with Gasteiger partial charge in [0.2, 0.25) is 5.16 Å². The summed E-state index contributed by atoms with van der Waals surface area (Å²) in [7, 11) is 0. The average molecular weight is 421 g/mol. The van der Waals surface area contributed by atoms with Gasteiger partial charge in [-0.1, -0.05) is 65.8 Å². The third-order valence-electron chi connectivity index (χ3n) is 4.64. The minimum Gasteiger partial charge on any atom is -0.489 e. The van der Waals surface area contributed by atoms with E-state index in [4.69, 9.17) is 16.3 Å². The fraction of sp³-hybridized carbons (Fsp3) is 0.0909.